The van der Waals surface area contributed by atoms with E-state index >= 15 is 0 Å². The lowest BCUT2D eigenvalue weighted by atomic mass is 10.2. The zero-order valence-corrected chi connectivity index (χ0v) is 15.5. The SMILES string of the molecule is Cc1ccc(Cl)c2sc(=NC(=O)/C=C/c3cccc([N+](=O)[O-])c3)n(C)c12. The van der Waals surface area contributed by atoms with Crippen molar-refractivity contribution in [1.82, 2.24) is 4.57 Å². The number of carbonyl (C=O) groups is 1. The maximum absolute atomic E-state index is 12.2. The maximum atomic E-state index is 12.2. The first-order chi connectivity index (χ1) is 12.4. The summed E-state index contributed by atoms with van der Waals surface area (Å²) in [6.07, 6.45) is 2.79. The van der Waals surface area contributed by atoms with Gasteiger partial charge in [0.05, 0.1) is 20.2 Å². The van der Waals surface area contributed by atoms with Crippen LogP contribution < -0.4 is 4.80 Å². The second-order valence-corrected chi connectivity index (χ2v) is 7.01. The molecule has 0 bridgehead atoms. The average molecular weight is 388 g/mol. The van der Waals surface area contributed by atoms with Gasteiger partial charge in [-0.05, 0) is 30.2 Å². The first-order valence-electron chi connectivity index (χ1n) is 7.62. The number of nitro groups is 1. The molecule has 3 aromatic rings. The van der Waals surface area contributed by atoms with Gasteiger partial charge in [0.25, 0.3) is 11.6 Å². The molecule has 26 heavy (non-hydrogen) atoms. The summed E-state index contributed by atoms with van der Waals surface area (Å²) in [4.78, 5) is 27.1. The predicted molar refractivity (Wildman–Crippen MR) is 103 cm³/mol. The summed E-state index contributed by atoms with van der Waals surface area (Å²) < 4.78 is 2.71. The number of non-ortho nitro benzene ring substituents is 1. The number of benzene rings is 2. The Hall–Kier alpha value is -2.77. The Kier molecular flexibility index (Phi) is 5.01. The zero-order chi connectivity index (χ0) is 18.8. The number of rotatable bonds is 3. The molecule has 1 heterocycles. The fourth-order valence-corrected chi connectivity index (χ4v) is 3.93. The number of aryl methyl sites for hydroxylation is 2. The van der Waals surface area contributed by atoms with Crippen LogP contribution in [0.15, 0.2) is 47.5 Å². The average Bonchev–Trinajstić information content (AvgIpc) is 2.94. The molecule has 0 radical (unpaired) electrons. The summed E-state index contributed by atoms with van der Waals surface area (Å²) in [5, 5.41) is 11.4. The van der Waals surface area contributed by atoms with Crippen molar-refractivity contribution in [3.63, 3.8) is 0 Å². The van der Waals surface area contributed by atoms with Gasteiger partial charge in [0.15, 0.2) is 4.80 Å². The van der Waals surface area contributed by atoms with Crippen molar-refractivity contribution in [2.24, 2.45) is 12.0 Å². The molecule has 6 nitrogen and oxygen atoms in total. The third-order valence-corrected chi connectivity index (χ3v) is 5.40. The van der Waals surface area contributed by atoms with Crippen LogP contribution >= 0.6 is 22.9 Å². The van der Waals surface area contributed by atoms with E-state index in [9.17, 15) is 14.9 Å². The molecule has 0 atom stereocenters. The zero-order valence-electron chi connectivity index (χ0n) is 14.0. The summed E-state index contributed by atoms with van der Waals surface area (Å²) in [5.41, 5.74) is 2.51. The molecule has 0 aliphatic rings. The van der Waals surface area contributed by atoms with Crippen LogP contribution in [0.3, 0.4) is 0 Å². The number of fused-ring (bicyclic) bond motifs is 1. The van der Waals surface area contributed by atoms with Crippen molar-refractivity contribution in [3.05, 3.63) is 73.5 Å². The van der Waals surface area contributed by atoms with Crippen LogP contribution in [0.2, 0.25) is 5.02 Å². The number of carbonyl (C=O) groups excluding carboxylic acids is 1. The summed E-state index contributed by atoms with van der Waals surface area (Å²) in [5.74, 6) is -0.451. The van der Waals surface area contributed by atoms with Gasteiger partial charge >= 0.3 is 0 Å². The number of amides is 1. The topological polar surface area (TPSA) is 77.5 Å². The highest BCUT2D eigenvalue weighted by Gasteiger charge is 2.10. The predicted octanol–water partition coefficient (Wildman–Crippen LogP) is 4.25. The van der Waals surface area contributed by atoms with Crippen LogP contribution in [0, 0.1) is 17.0 Å². The largest absolute Gasteiger partial charge is 0.319 e. The Balaban J connectivity index is 1.95. The molecule has 0 aliphatic carbocycles. The number of nitro benzene ring substituents is 1. The standard InChI is InChI=1S/C18H14ClN3O3S/c1-11-6-8-14(19)17-16(11)21(2)18(26-17)20-15(23)9-7-12-4-3-5-13(10-12)22(24)25/h3-10H,1-2H3/b9-7+,20-18?. The third kappa shape index (κ3) is 3.58. The number of hydrogen-bond acceptors (Lipinski definition) is 4. The number of aromatic nitrogens is 1. The smallest absolute Gasteiger partial charge is 0.272 e. The van der Waals surface area contributed by atoms with Crippen LogP contribution in [-0.4, -0.2) is 15.4 Å². The fraction of sp³-hybridized carbons (Fsp3) is 0.111. The van der Waals surface area contributed by atoms with E-state index < -0.39 is 10.8 Å². The van der Waals surface area contributed by atoms with Gasteiger partial charge in [-0.15, -0.1) is 0 Å². The Morgan fingerprint density at radius 1 is 1.35 bits per heavy atom. The van der Waals surface area contributed by atoms with Gasteiger partial charge in [0.2, 0.25) is 0 Å². The van der Waals surface area contributed by atoms with Crippen LogP contribution in [0.5, 0.6) is 0 Å². The maximum Gasteiger partial charge on any atom is 0.272 e. The monoisotopic (exact) mass is 387 g/mol. The number of thiazole rings is 1. The summed E-state index contributed by atoms with van der Waals surface area (Å²) >= 11 is 7.58. The van der Waals surface area contributed by atoms with Crippen molar-refractivity contribution in [2.45, 2.75) is 6.92 Å². The Morgan fingerprint density at radius 3 is 2.81 bits per heavy atom. The fourth-order valence-electron chi connectivity index (χ4n) is 2.55. The highest BCUT2D eigenvalue weighted by Crippen LogP contribution is 2.28. The lowest BCUT2D eigenvalue weighted by Crippen LogP contribution is -2.12. The minimum absolute atomic E-state index is 0.0300. The van der Waals surface area contributed by atoms with E-state index in [1.54, 1.807) is 12.1 Å². The van der Waals surface area contributed by atoms with Crippen molar-refractivity contribution in [1.29, 1.82) is 0 Å². The molecule has 0 unspecified atom stereocenters. The van der Waals surface area contributed by atoms with Gasteiger partial charge < -0.3 is 4.57 Å². The van der Waals surface area contributed by atoms with Gasteiger partial charge in [0, 0.05) is 25.3 Å². The Labute approximate surface area is 157 Å². The first-order valence-corrected chi connectivity index (χ1v) is 8.82. The highest BCUT2D eigenvalue weighted by molar-refractivity contribution is 7.17. The molecule has 1 amide bonds. The van der Waals surface area contributed by atoms with E-state index in [1.807, 2.05) is 30.7 Å². The molecular formula is C18H14ClN3O3S. The molecule has 2 aromatic carbocycles. The molecule has 0 aliphatic heterocycles. The minimum Gasteiger partial charge on any atom is -0.319 e. The summed E-state index contributed by atoms with van der Waals surface area (Å²) in [6, 6.07) is 9.78. The van der Waals surface area contributed by atoms with Crippen molar-refractivity contribution < 1.29 is 9.72 Å². The highest BCUT2D eigenvalue weighted by atomic mass is 35.5. The van der Waals surface area contributed by atoms with Gasteiger partial charge in [0.1, 0.15) is 0 Å². The van der Waals surface area contributed by atoms with Crippen molar-refractivity contribution in [3.8, 4) is 0 Å². The quantitative estimate of drug-likeness (QED) is 0.383. The van der Waals surface area contributed by atoms with Gasteiger partial charge in [-0.3, -0.25) is 14.9 Å². The second kappa shape index (κ2) is 7.23. The van der Waals surface area contributed by atoms with Gasteiger partial charge in [-0.2, -0.15) is 4.99 Å². The Morgan fingerprint density at radius 2 is 2.12 bits per heavy atom. The second-order valence-electron chi connectivity index (χ2n) is 5.62. The molecule has 0 saturated carbocycles. The summed E-state index contributed by atoms with van der Waals surface area (Å²) in [7, 11) is 1.83. The lowest BCUT2D eigenvalue weighted by Gasteiger charge is -2.00. The molecule has 0 fully saturated rings. The van der Waals surface area contributed by atoms with Crippen LogP contribution in [0.1, 0.15) is 11.1 Å². The van der Waals surface area contributed by atoms with E-state index in [2.05, 4.69) is 4.99 Å². The normalized spacial score (nSPS) is 12.2. The molecule has 3 rings (SSSR count). The van der Waals surface area contributed by atoms with Crippen LogP contribution in [0.25, 0.3) is 16.3 Å². The number of nitrogens with zero attached hydrogens (tertiary/aromatic N) is 3. The first kappa shape index (κ1) is 18.0. The summed E-state index contributed by atoms with van der Waals surface area (Å²) in [6.45, 7) is 1.97. The molecule has 0 spiro atoms. The van der Waals surface area contributed by atoms with Crippen LogP contribution in [0.4, 0.5) is 5.69 Å². The van der Waals surface area contributed by atoms with Gasteiger partial charge in [-0.25, -0.2) is 0 Å². The lowest BCUT2D eigenvalue weighted by molar-refractivity contribution is -0.384. The van der Waals surface area contributed by atoms with Crippen LogP contribution in [-0.2, 0) is 11.8 Å². The third-order valence-electron chi connectivity index (χ3n) is 3.81. The van der Waals surface area contributed by atoms with E-state index in [-0.39, 0.29) is 5.69 Å². The van der Waals surface area contributed by atoms with E-state index in [0.29, 0.717) is 15.4 Å². The molecule has 0 saturated heterocycles. The molecule has 132 valence electrons. The molecule has 1 aromatic heterocycles. The number of hydrogen-bond donors (Lipinski definition) is 0. The molecular weight excluding hydrogens is 374 g/mol. The van der Waals surface area contributed by atoms with Crippen molar-refractivity contribution in [2.75, 3.05) is 0 Å². The van der Waals surface area contributed by atoms with E-state index in [0.717, 1.165) is 15.8 Å². The van der Waals surface area contributed by atoms with E-state index in [1.165, 1.54) is 35.6 Å². The van der Waals surface area contributed by atoms with Gasteiger partial charge in [-0.1, -0.05) is 41.1 Å². The van der Waals surface area contributed by atoms with Crippen molar-refractivity contribution >= 4 is 50.8 Å². The Bertz CT molecular complexity index is 1130. The number of halogens is 1. The molecule has 0 N–H and O–H groups in total. The molecule has 8 heteroatoms. The minimum atomic E-state index is -0.479. The van der Waals surface area contributed by atoms with E-state index in [4.69, 9.17) is 11.6 Å².